The summed E-state index contributed by atoms with van der Waals surface area (Å²) in [6.07, 6.45) is 0. The van der Waals surface area contributed by atoms with Crippen molar-refractivity contribution in [2.75, 3.05) is 25.1 Å². The second kappa shape index (κ2) is 7.98. The molecule has 8 heteroatoms. The zero-order valence-corrected chi connectivity index (χ0v) is 12.1. The molecule has 0 aliphatic carbocycles. The van der Waals surface area contributed by atoms with Crippen LogP contribution in [-0.4, -0.2) is 36.9 Å². The Labute approximate surface area is 123 Å². The van der Waals surface area contributed by atoms with Crippen LogP contribution in [0, 0.1) is 0 Å². The molecule has 0 bridgehead atoms. The molecule has 0 radical (unpaired) electrons. The third kappa shape index (κ3) is 6.42. The second-order valence-electron chi connectivity index (χ2n) is 3.45. The highest BCUT2D eigenvalue weighted by Gasteiger charge is 2.05. The van der Waals surface area contributed by atoms with Gasteiger partial charge in [0.1, 0.15) is 6.61 Å². The first-order valence-electron chi connectivity index (χ1n) is 5.28. The Bertz CT molecular complexity index is 470. The van der Waals surface area contributed by atoms with Crippen LogP contribution < -0.4 is 10.6 Å². The number of halogens is 2. The fraction of sp³-hybridized carbons (Fsp3) is 0.273. The summed E-state index contributed by atoms with van der Waals surface area (Å²) in [6, 6.07) is 4.63. The maximum absolute atomic E-state index is 11.5. The van der Waals surface area contributed by atoms with Crippen molar-refractivity contribution in [1.82, 2.24) is 5.32 Å². The number of rotatable bonds is 6. The van der Waals surface area contributed by atoms with E-state index in [1.165, 1.54) is 0 Å². The van der Waals surface area contributed by atoms with Gasteiger partial charge in [-0.25, -0.2) is 9.59 Å². The van der Waals surface area contributed by atoms with Crippen molar-refractivity contribution in [2.45, 2.75) is 0 Å². The lowest BCUT2D eigenvalue weighted by molar-refractivity contribution is -0.142. The predicted octanol–water partition coefficient (Wildman–Crippen LogP) is 2.33. The number of carboxylic acid groups (broad SMARTS) is 1. The van der Waals surface area contributed by atoms with E-state index in [4.69, 9.17) is 21.4 Å². The minimum Gasteiger partial charge on any atom is -0.480 e. The molecule has 2 amide bonds. The zero-order chi connectivity index (χ0) is 14.3. The third-order valence-electron chi connectivity index (χ3n) is 1.93. The van der Waals surface area contributed by atoms with Crippen LogP contribution in [0.1, 0.15) is 0 Å². The largest absolute Gasteiger partial charge is 0.480 e. The van der Waals surface area contributed by atoms with Crippen LogP contribution in [-0.2, 0) is 9.53 Å². The molecular formula is C11H12BrClN2O4. The van der Waals surface area contributed by atoms with Gasteiger partial charge in [0.2, 0.25) is 0 Å². The molecule has 0 fully saturated rings. The highest BCUT2D eigenvalue weighted by Crippen LogP contribution is 2.25. The average Bonchev–Trinajstić information content (AvgIpc) is 2.33. The topological polar surface area (TPSA) is 87.7 Å². The van der Waals surface area contributed by atoms with Gasteiger partial charge in [0.05, 0.1) is 17.3 Å². The predicted molar refractivity (Wildman–Crippen MR) is 74.6 cm³/mol. The summed E-state index contributed by atoms with van der Waals surface area (Å²) < 4.78 is 5.55. The van der Waals surface area contributed by atoms with Crippen LogP contribution in [0.3, 0.4) is 0 Å². The van der Waals surface area contributed by atoms with Crippen molar-refractivity contribution in [2.24, 2.45) is 0 Å². The Morgan fingerprint density at radius 1 is 1.42 bits per heavy atom. The molecule has 0 atom stereocenters. The van der Waals surface area contributed by atoms with E-state index in [2.05, 4.69) is 26.6 Å². The maximum Gasteiger partial charge on any atom is 0.329 e. The summed E-state index contributed by atoms with van der Waals surface area (Å²) >= 11 is 9.17. The summed E-state index contributed by atoms with van der Waals surface area (Å²) in [4.78, 5) is 21.7. The van der Waals surface area contributed by atoms with Crippen LogP contribution in [0.5, 0.6) is 0 Å². The normalized spacial score (nSPS) is 10.0. The molecule has 0 saturated carbocycles. The molecule has 104 valence electrons. The lowest BCUT2D eigenvalue weighted by Crippen LogP contribution is -2.32. The first-order valence-corrected chi connectivity index (χ1v) is 6.45. The van der Waals surface area contributed by atoms with E-state index in [9.17, 15) is 9.59 Å². The maximum atomic E-state index is 11.5. The molecular weight excluding hydrogens is 339 g/mol. The molecule has 0 heterocycles. The van der Waals surface area contributed by atoms with Gasteiger partial charge in [-0.2, -0.15) is 0 Å². The number of anilines is 1. The summed E-state index contributed by atoms with van der Waals surface area (Å²) in [5, 5.41) is 13.8. The number of carboxylic acids is 1. The molecule has 0 aliphatic rings. The van der Waals surface area contributed by atoms with Crippen LogP contribution >= 0.6 is 27.5 Å². The third-order valence-corrected chi connectivity index (χ3v) is 2.76. The Balaban J connectivity index is 2.31. The number of benzene rings is 1. The molecule has 0 spiro atoms. The van der Waals surface area contributed by atoms with Crippen LogP contribution in [0.15, 0.2) is 22.7 Å². The fourth-order valence-corrected chi connectivity index (χ4v) is 1.68. The quantitative estimate of drug-likeness (QED) is 0.686. The highest BCUT2D eigenvalue weighted by molar-refractivity contribution is 9.10. The molecule has 0 aromatic heterocycles. The smallest absolute Gasteiger partial charge is 0.329 e. The summed E-state index contributed by atoms with van der Waals surface area (Å²) in [6.45, 7) is -0.0720. The van der Waals surface area contributed by atoms with E-state index in [0.717, 1.165) is 4.47 Å². The van der Waals surface area contributed by atoms with E-state index >= 15 is 0 Å². The number of aliphatic carboxylic acids is 1. The minimum absolute atomic E-state index is 0.117. The number of carbonyl (C=O) groups is 2. The Hall–Kier alpha value is -1.31. The second-order valence-corrected chi connectivity index (χ2v) is 4.77. The van der Waals surface area contributed by atoms with E-state index in [1.807, 2.05) is 0 Å². The van der Waals surface area contributed by atoms with Gasteiger partial charge in [-0.3, -0.25) is 0 Å². The number of hydrogen-bond donors (Lipinski definition) is 3. The monoisotopic (exact) mass is 350 g/mol. The van der Waals surface area contributed by atoms with E-state index in [0.29, 0.717) is 10.7 Å². The van der Waals surface area contributed by atoms with Gasteiger partial charge in [-0.1, -0.05) is 27.5 Å². The van der Waals surface area contributed by atoms with Crippen molar-refractivity contribution >= 4 is 45.2 Å². The summed E-state index contributed by atoms with van der Waals surface area (Å²) in [7, 11) is 0. The molecule has 6 nitrogen and oxygen atoms in total. The lowest BCUT2D eigenvalue weighted by atomic mass is 10.3. The minimum atomic E-state index is -1.05. The van der Waals surface area contributed by atoms with Crippen molar-refractivity contribution in [3.8, 4) is 0 Å². The molecule has 19 heavy (non-hydrogen) atoms. The fourth-order valence-electron chi connectivity index (χ4n) is 1.16. The van der Waals surface area contributed by atoms with Crippen molar-refractivity contribution in [3.63, 3.8) is 0 Å². The van der Waals surface area contributed by atoms with E-state index in [-0.39, 0.29) is 19.8 Å². The summed E-state index contributed by atoms with van der Waals surface area (Å²) in [5.74, 6) is -1.05. The zero-order valence-electron chi connectivity index (χ0n) is 9.78. The van der Waals surface area contributed by atoms with E-state index < -0.39 is 12.0 Å². The SMILES string of the molecule is O=C(O)COCCNC(=O)Nc1cc(Br)ccc1Cl. The molecule has 1 aromatic rings. The molecule has 1 aromatic carbocycles. The molecule has 1 rings (SSSR count). The summed E-state index contributed by atoms with van der Waals surface area (Å²) in [5.41, 5.74) is 0.472. The lowest BCUT2D eigenvalue weighted by Gasteiger charge is -2.09. The van der Waals surface area contributed by atoms with Crippen LogP contribution in [0.25, 0.3) is 0 Å². The van der Waals surface area contributed by atoms with E-state index in [1.54, 1.807) is 18.2 Å². The number of ether oxygens (including phenoxy) is 1. The van der Waals surface area contributed by atoms with Gasteiger partial charge < -0.3 is 20.5 Å². The van der Waals surface area contributed by atoms with Gasteiger partial charge in [-0.05, 0) is 18.2 Å². The van der Waals surface area contributed by atoms with Gasteiger partial charge >= 0.3 is 12.0 Å². The molecule has 0 saturated heterocycles. The average molecular weight is 352 g/mol. The van der Waals surface area contributed by atoms with Gasteiger partial charge in [0, 0.05) is 11.0 Å². The first kappa shape index (κ1) is 15.7. The standard InChI is InChI=1S/C11H12BrClN2O4/c12-7-1-2-8(13)9(5-7)15-11(18)14-3-4-19-6-10(16)17/h1-2,5H,3-4,6H2,(H,16,17)(H2,14,15,18). The van der Waals surface area contributed by atoms with Crippen molar-refractivity contribution < 1.29 is 19.4 Å². The Morgan fingerprint density at radius 3 is 2.84 bits per heavy atom. The van der Waals surface area contributed by atoms with Gasteiger partial charge in [-0.15, -0.1) is 0 Å². The first-order chi connectivity index (χ1) is 8.99. The van der Waals surface area contributed by atoms with Gasteiger partial charge in [0.15, 0.2) is 0 Å². The molecule has 0 unspecified atom stereocenters. The van der Waals surface area contributed by atoms with Crippen molar-refractivity contribution in [3.05, 3.63) is 27.7 Å². The van der Waals surface area contributed by atoms with Crippen LogP contribution in [0.2, 0.25) is 5.02 Å². The van der Waals surface area contributed by atoms with Crippen LogP contribution in [0.4, 0.5) is 10.5 Å². The molecule has 3 N–H and O–H groups in total. The Morgan fingerprint density at radius 2 is 2.16 bits per heavy atom. The number of amides is 2. The number of urea groups is 1. The number of nitrogens with one attached hydrogen (secondary N) is 2. The Kier molecular flexibility index (Phi) is 6.61. The number of carbonyl (C=O) groups excluding carboxylic acids is 1. The molecule has 0 aliphatic heterocycles. The van der Waals surface area contributed by atoms with Gasteiger partial charge in [0.25, 0.3) is 0 Å². The van der Waals surface area contributed by atoms with Crippen molar-refractivity contribution in [1.29, 1.82) is 0 Å². The highest BCUT2D eigenvalue weighted by atomic mass is 79.9. The number of hydrogen-bond acceptors (Lipinski definition) is 3.